The van der Waals surface area contributed by atoms with E-state index < -0.39 is 11.7 Å². The fourth-order valence-corrected chi connectivity index (χ4v) is 1.97. The smallest absolute Gasteiger partial charge is 0.339 e. The minimum absolute atomic E-state index is 0.0456. The summed E-state index contributed by atoms with van der Waals surface area (Å²) < 4.78 is 24.3. The molecule has 0 saturated carbocycles. The van der Waals surface area contributed by atoms with Crippen molar-refractivity contribution >= 4 is 17.7 Å². The van der Waals surface area contributed by atoms with Gasteiger partial charge in [0.2, 0.25) is 0 Å². The van der Waals surface area contributed by atoms with E-state index in [1.165, 1.54) is 18.3 Å². The zero-order chi connectivity index (χ0) is 13.1. The van der Waals surface area contributed by atoms with Gasteiger partial charge in [0.25, 0.3) is 5.76 Å². The number of H-pyrrole nitrogens is 1. The van der Waals surface area contributed by atoms with E-state index >= 15 is 0 Å². The summed E-state index contributed by atoms with van der Waals surface area (Å²) in [4.78, 5) is 11.3. The van der Waals surface area contributed by atoms with E-state index in [0.29, 0.717) is 27.9 Å². The Morgan fingerprint density at radius 1 is 1.33 bits per heavy atom. The molecule has 0 radical (unpaired) electrons. The number of benzene rings is 1. The van der Waals surface area contributed by atoms with Crippen molar-refractivity contribution in [3.63, 3.8) is 0 Å². The number of thioether (sulfide) groups is 1. The molecular formula is C11H8F2N2O2S. The normalized spacial score (nSPS) is 10.8. The lowest BCUT2D eigenvalue weighted by Gasteiger charge is -2.03. The van der Waals surface area contributed by atoms with Gasteiger partial charge in [0.1, 0.15) is 5.56 Å². The molecule has 1 aromatic carbocycles. The van der Waals surface area contributed by atoms with Crippen molar-refractivity contribution in [3.05, 3.63) is 36.0 Å². The molecule has 1 heterocycles. The summed E-state index contributed by atoms with van der Waals surface area (Å²) in [7, 11) is 0. The second kappa shape index (κ2) is 5.18. The molecule has 0 bridgehead atoms. The van der Waals surface area contributed by atoms with E-state index in [4.69, 9.17) is 5.11 Å². The van der Waals surface area contributed by atoms with Crippen LogP contribution in [0.15, 0.2) is 35.4 Å². The lowest BCUT2D eigenvalue weighted by molar-refractivity contribution is 0.0698. The predicted octanol–water partition coefficient (Wildman–Crippen LogP) is 3.09. The van der Waals surface area contributed by atoms with Crippen molar-refractivity contribution in [3.8, 4) is 11.3 Å². The molecule has 0 amide bonds. The number of alkyl halides is 2. The van der Waals surface area contributed by atoms with Crippen LogP contribution in [0.25, 0.3) is 11.3 Å². The number of halogens is 2. The van der Waals surface area contributed by atoms with Crippen LogP contribution in [0.4, 0.5) is 8.78 Å². The number of carboxylic acids is 1. The van der Waals surface area contributed by atoms with Gasteiger partial charge in [-0.05, 0) is 12.1 Å². The number of hydrogen-bond acceptors (Lipinski definition) is 3. The average molecular weight is 270 g/mol. The van der Waals surface area contributed by atoms with Gasteiger partial charge in [0, 0.05) is 10.5 Å². The van der Waals surface area contributed by atoms with Crippen molar-refractivity contribution in [1.82, 2.24) is 10.2 Å². The maximum absolute atomic E-state index is 12.1. The maximum atomic E-state index is 12.1. The van der Waals surface area contributed by atoms with Crippen LogP contribution >= 0.6 is 11.8 Å². The van der Waals surface area contributed by atoms with Gasteiger partial charge in [0.15, 0.2) is 0 Å². The first kappa shape index (κ1) is 12.6. The molecule has 1 aromatic heterocycles. The van der Waals surface area contributed by atoms with Crippen LogP contribution in [0.3, 0.4) is 0 Å². The number of aromatic carboxylic acids is 1. The Hall–Kier alpha value is -1.89. The van der Waals surface area contributed by atoms with Crippen LogP contribution < -0.4 is 0 Å². The molecule has 0 aliphatic carbocycles. The first-order chi connectivity index (χ1) is 8.58. The molecule has 0 unspecified atom stereocenters. The van der Waals surface area contributed by atoms with E-state index in [1.54, 1.807) is 12.1 Å². The lowest BCUT2D eigenvalue weighted by Crippen LogP contribution is -1.96. The highest BCUT2D eigenvalue weighted by Crippen LogP contribution is 2.28. The molecule has 0 aliphatic heterocycles. The molecule has 4 nitrogen and oxygen atoms in total. The Kier molecular flexibility index (Phi) is 3.61. The van der Waals surface area contributed by atoms with Gasteiger partial charge in [0.05, 0.1) is 11.9 Å². The highest BCUT2D eigenvalue weighted by molar-refractivity contribution is 7.99. The van der Waals surface area contributed by atoms with Crippen LogP contribution in [-0.2, 0) is 0 Å². The van der Waals surface area contributed by atoms with Gasteiger partial charge in [-0.1, -0.05) is 23.9 Å². The Bertz CT molecular complexity index is 554. The van der Waals surface area contributed by atoms with Gasteiger partial charge >= 0.3 is 5.97 Å². The van der Waals surface area contributed by atoms with Gasteiger partial charge < -0.3 is 5.11 Å². The number of nitrogens with one attached hydrogen (secondary N) is 1. The molecule has 0 aliphatic rings. The van der Waals surface area contributed by atoms with Crippen LogP contribution in [0.5, 0.6) is 0 Å². The summed E-state index contributed by atoms with van der Waals surface area (Å²) in [5, 5.41) is 15.2. The number of aromatic nitrogens is 2. The summed E-state index contributed by atoms with van der Waals surface area (Å²) in [5.41, 5.74) is 0.990. The van der Waals surface area contributed by atoms with E-state index in [2.05, 4.69) is 10.2 Å². The first-order valence-electron chi connectivity index (χ1n) is 4.90. The predicted molar refractivity (Wildman–Crippen MR) is 62.8 cm³/mol. The molecule has 2 aromatic rings. The zero-order valence-corrected chi connectivity index (χ0v) is 9.75. The molecule has 0 atom stereocenters. The molecule has 0 saturated heterocycles. The third-order valence-corrected chi connectivity index (χ3v) is 2.96. The van der Waals surface area contributed by atoms with E-state index in [-0.39, 0.29) is 5.56 Å². The number of carboxylic acid groups (broad SMARTS) is 1. The average Bonchev–Trinajstić information content (AvgIpc) is 2.78. The van der Waals surface area contributed by atoms with Crippen molar-refractivity contribution in [2.45, 2.75) is 10.7 Å². The third kappa shape index (κ3) is 2.67. The summed E-state index contributed by atoms with van der Waals surface area (Å²) in [5.74, 6) is -3.57. The van der Waals surface area contributed by atoms with Gasteiger partial charge in [-0.25, -0.2) is 4.79 Å². The van der Waals surface area contributed by atoms with Crippen LogP contribution in [0.1, 0.15) is 10.4 Å². The second-order valence-corrected chi connectivity index (χ2v) is 4.43. The number of nitrogens with zero attached hydrogens (tertiary/aromatic N) is 1. The molecule has 0 spiro atoms. The second-order valence-electron chi connectivity index (χ2n) is 3.37. The largest absolute Gasteiger partial charge is 0.478 e. The molecule has 0 fully saturated rings. The van der Waals surface area contributed by atoms with E-state index in [1.807, 2.05) is 0 Å². The highest BCUT2D eigenvalue weighted by atomic mass is 32.2. The summed E-state index contributed by atoms with van der Waals surface area (Å²) in [6, 6.07) is 6.17. The van der Waals surface area contributed by atoms with Crippen LogP contribution in [-0.4, -0.2) is 27.0 Å². The summed E-state index contributed by atoms with van der Waals surface area (Å²) >= 11 is 0.439. The molecule has 94 valence electrons. The zero-order valence-electron chi connectivity index (χ0n) is 8.93. The van der Waals surface area contributed by atoms with Gasteiger partial charge in [-0.3, -0.25) is 5.10 Å². The van der Waals surface area contributed by atoms with E-state index in [0.717, 1.165) is 0 Å². The monoisotopic (exact) mass is 270 g/mol. The summed E-state index contributed by atoms with van der Waals surface area (Å²) in [6.45, 7) is 0. The number of rotatable bonds is 4. The van der Waals surface area contributed by atoms with Crippen molar-refractivity contribution in [2.24, 2.45) is 0 Å². The number of carbonyl (C=O) groups is 1. The summed E-state index contributed by atoms with van der Waals surface area (Å²) in [6.07, 6.45) is 1.21. The Morgan fingerprint density at radius 2 is 2.00 bits per heavy atom. The van der Waals surface area contributed by atoms with Gasteiger partial charge in [-0.15, -0.1) is 0 Å². The Morgan fingerprint density at radius 3 is 2.56 bits per heavy atom. The van der Waals surface area contributed by atoms with Crippen molar-refractivity contribution < 1.29 is 18.7 Å². The fraction of sp³-hybridized carbons (Fsp3) is 0.0909. The topological polar surface area (TPSA) is 66.0 Å². The number of hydrogen-bond donors (Lipinski definition) is 2. The van der Waals surface area contributed by atoms with Gasteiger partial charge in [-0.2, -0.15) is 13.9 Å². The Labute approximate surface area is 105 Å². The Balaban J connectivity index is 2.29. The van der Waals surface area contributed by atoms with Crippen molar-refractivity contribution in [1.29, 1.82) is 0 Å². The van der Waals surface area contributed by atoms with Crippen LogP contribution in [0.2, 0.25) is 0 Å². The number of aromatic amines is 1. The molecule has 2 rings (SSSR count). The SMILES string of the molecule is O=C(O)c1cn[nH]c1-c1ccc(SC(F)F)cc1. The first-order valence-corrected chi connectivity index (χ1v) is 5.78. The standard InChI is InChI=1S/C11H8F2N2O2S/c12-11(13)18-7-3-1-6(2-4-7)9-8(10(16)17)5-14-15-9/h1-5,11H,(H,14,15)(H,16,17). The minimum Gasteiger partial charge on any atom is -0.478 e. The highest BCUT2D eigenvalue weighted by Gasteiger charge is 2.14. The minimum atomic E-state index is -2.47. The van der Waals surface area contributed by atoms with E-state index in [9.17, 15) is 13.6 Å². The maximum Gasteiger partial charge on any atom is 0.339 e. The molecular weight excluding hydrogens is 262 g/mol. The van der Waals surface area contributed by atoms with Crippen molar-refractivity contribution in [2.75, 3.05) is 0 Å². The third-order valence-electron chi connectivity index (χ3n) is 2.24. The lowest BCUT2D eigenvalue weighted by atomic mass is 10.1. The molecule has 2 N–H and O–H groups in total. The quantitative estimate of drug-likeness (QED) is 0.838. The van der Waals surface area contributed by atoms with Crippen LogP contribution in [0, 0.1) is 0 Å². The fourth-order valence-electron chi connectivity index (χ4n) is 1.47. The molecule has 18 heavy (non-hydrogen) atoms. The molecule has 7 heteroatoms.